The van der Waals surface area contributed by atoms with Crippen LogP contribution in [0.5, 0.6) is 11.5 Å². The summed E-state index contributed by atoms with van der Waals surface area (Å²) < 4.78 is 41.1. The molecule has 0 bridgehead atoms. The van der Waals surface area contributed by atoms with Gasteiger partial charge in [-0.2, -0.15) is 9.98 Å². The Morgan fingerprint density at radius 1 is 1.36 bits per heavy atom. The topological polar surface area (TPSA) is 115 Å². The third kappa shape index (κ3) is 4.61. The maximum atomic E-state index is 12.2. The standard InChI is InChI=1S/C13H16N2O6S/c1-9(7-14)21-13(16)8-15-22(17,18)12-6-10(19-2)4-5-11(12)20-3/h4-6,9,15H,8H2,1-3H3/t9-/m1/s1. The molecule has 0 spiro atoms. The number of hydrogen-bond acceptors (Lipinski definition) is 7. The predicted molar refractivity (Wildman–Crippen MR) is 75.9 cm³/mol. The van der Waals surface area contributed by atoms with E-state index in [1.54, 1.807) is 12.1 Å². The molecule has 1 rings (SSSR count). The van der Waals surface area contributed by atoms with Crippen LogP contribution in [0, 0.1) is 11.3 Å². The average Bonchev–Trinajstić information content (AvgIpc) is 2.52. The molecule has 0 heterocycles. The van der Waals surface area contributed by atoms with Gasteiger partial charge in [0.1, 0.15) is 29.0 Å². The highest BCUT2D eigenvalue weighted by atomic mass is 32.2. The van der Waals surface area contributed by atoms with Gasteiger partial charge in [-0.15, -0.1) is 0 Å². The summed E-state index contributed by atoms with van der Waals surface area (Å²) in [5, 5.41) is 8.52. The summed E-state index contributed by atoms with van der Waals surface area (Å²) in [5.41, 5.74) is 0. The Kier molecular flexibility index (Phi) is 6.15. The fourth-order valence-electron chi connectivity index (χ4n) is 1.49. The van der Waals surface area contributed by atoms with E-state index in [2.05, 4.69) is 9.46 Å². The molecule has 1 N–H and O–H groups in total. The maximum absolute atomic E-state index is 12.2. The molecule has 22 heavy (non-hydrogen) atoms. The molecule has 120 valence electrons. The number of nitrogens with one attached hydrogen (secondary N) is 1. The molecule has 1 aromatic carbocycles. The Morgan fingerprint density at radius 2 is 2.05 bits per heavy atom. The number of carbonyl (C=O) groups is 1. The minimum absolute atomic E-state index is 0.104. The number of nitriles is 1. The van der Waals surface area contributed by atoms with Crippen LogP contribution in [-0.4, -0.2) is 41.3 Å². The average molecular weight is 328 g/mol. The van der Waals surface area contributed by atoms with Crippen LogP contribution in [0.25, 0.3) is 0 Å². The zero-order chi connectivity index (χ0) is 16.8. The van der Waals surface area contributed by atoms with Crippen molar-refractivity contribution in [2.75, 3.05) is 20.8 Å². The van der Waals surface area contributed by atoms with Crippen LogP contribution in [0.2, 0.25) is 0 Å². The molecule has 0 aliphatic heterocycles. The molecule has 0 aliphatic carbocycles. The lowest BCUT2D eigenvalue weighted by molar-refractivity contribution is -0.144. The quantitative estimate of drug-likeness (QED) is 0.722. The fraction of sp³-hybridized carbons (Fsp3) is 0.385. The second-order valence-corrected chi connectivity index (χ2v) is 5.84. The Balaban J connectivity index is 2.91. The Labute approximate surface area is 128 Å². The molecule has 0 fully saturated rings. The first-order valence-corrected chi connectivity index (χ1v) is 7.63. The minimum Gasteiger partial charge on any atom is -0.497 e. The number of methoxy groups -OCH3 is 2. The van der Waals surface area contributed by atoms with Gasteiger partial charge in [0.25, 0.3) is 0 Å². The highest BCUT2D eigenvalue weighted by molar-refractivity contribution is 7.89. The van der Waals surface area contributed by atoms with Gasteiger partial charge in [-0.1, -0.05) is 0 Å². The van der Waals surface area contributed by atoms with E-state index in [0.29, 0.717) is 5.75 Å². The van der Waals surface area contributed by atoms with Crippen LogP contribution in [0.1, 0.15) is 6.92 Å². The van der Waals surface area contributed by atoms with Crippen molar-refractivity contribution in [2.45, 2.75) is 17.9 Å². The summed E-state index contributed by atoms with van der Waals surface area (Å²) in [4.78, 5) is 11.2. The SMILES string of the molecule is COc1ccc(OC)c(S(=O)(=O)NCC(=O)O[C@H](C)C#N)c1. The predicted octanol–water partition coefficient (Wildman–Crippen LogP) is 0.437. The van der Waals surface area contributed by atoms with Gasteiger partial charge < -0.3 is 14.2 Å². The lowest BCUT2D eigenvalue weighted by atomic mass is 10.3. The van der Waals surface area contributed by atoms with E-state index < -0.39 is 28.6 Å². The van der Waals surface area contributed by atoms with Gasteiger partial charge in [0.15, 0.2) is 6.10 Å². The first kappa shape index (κ1) is 17.7. The first-order chi connectivity index (χ1) is 10.3. The van der Waals surface area contributed by atoms with E-state index in [1.165, 1.54) is 33.3 Å². The van der Waals surface area contributed by atoms with Crippen molar-refractivity contribution < 1.29 is 27.4 Å². The molecule has 0 amide bonds. The maximum Gasteiger partial charge on any atom is 0.322 e. The van der Waals surface area contributed by atoms with Gasteiger partial charge in [-0.25, -0.2) is 8.42 Å². The lowest BCUT2D eigenvalue weighted by Gasteiger charge is -2.12. The molecule has 1 atom stereocenters. The molecule has 0 saturated heterocycles. The summed E-state index contributed by atoms with van der Waals surface area (Å²) in [5.74, 6) is -0.437. The number of carbonyl (C=O) groups excluding carboxylic acids is 1. The summed E-state index contributed by atoms with van der Waals surface area (Å²) in [6, 6.07) is 5.95. The second kappa shape index (κ2) is 7.63. The van der Waals surface area contributed by atoms with Gasteiger partial charge in [0.2, 0.25) is 10.0 Å². The van der Waals surface area contributed by atoms with Crippen LogP contribution in [0.3, 0.4) is 0 Å². The number of benzene rings is 1. The molecule has 0 unspecified atom stereocenters. The van der Waals surface area contributed by atoms with Crippen LogP contribution >= 0.6 is 0 Å². The lowest BCUT2D eigenvalue weighted by Crippen LogP contribution is -2.32. The van der Waals surface area contributed by atoms with Gasteiger partial charge >= 0.3 is 5.97 Å². The van der Waals surface area contributed by atoms with E-state index in [0.717, 1.165) is 0 Å². The monoisotopic (exact) mass is 328 g/mol. The summed E-state index contributed by atoms with van der Waals surface area (Å²) in [6.45, 7) is 0.770. The molecule has 0 aromatic heterocycles. The Hall–Kier alpha value is -2.31. The van der Waals surface area contributed by atoms with E-state index in [4.69, 9.17) is 14.7 Å². The molecular formula is C13H16N2O6S. The number of rotatable bonds is 7. The minimum atomic E-state index is -4.01. The first-order valence-electron chi connectivity index (χ1n) is 6.15. The molecular weight excluding hydrogens is 312 g/mol. The number of sulfonamides is 1. The van der Waals surface area contributed by atoms with Crippen molar-refractivity contribution in [2.24, 2.45) is 0 Å². The molecule has 8 nitrogen and oxygen atoms in total. The van der Waals surface area contributed by atoms with Crippen molar-refractivity contribution in [3.05, 3.63) is 18.2 Å². The zero-order valence-electron chi connectivity index (χ0n) is 12.3. The van der Waals surface area contributed by atoms with E-state index in [1.807, 2.05) is 0 Å². The van der Waals surface area contributed by atoms with E-state index in [9.17, 15) is 13.2 Å². The third-order valence-electron chi connectivity index (χ3n) is 2.56. The summed E-state index contributed by atoms with van der Waals surface area (Å²) in [6.07, 6.45) is -0.955. The highest BCUT2D eigenvalue weighted by Crippen LogP contribution is 2.27. The summed E-state index contributed by atoms with van der Waals surface area (Å²) in [7, 11) is -1.29. The smallest absolute Gasteiger partial charge is 0.322 e. The van der Waals surface area contributed by atoms with Crippen molar-refractivity contribution >= 4 is 16.0 Å². The van der Waals surface area contributed by atoms with Crippen molar-refractivity contribution in [3.63, 3.8) is 0 Å². The summed E-state index contributed by atoms with van der Waals surface area (Å²) >= 11 is 0. The number of nitrogens with zero attached hydrogens (tertiary/aromatic N) is 1. The van der Waals surface area contributed by atoms with E-state index >= 15 is 0 Å². The number of hydrogen-bond donors (Lipinski definition) is 1. The Bertz CT molecular complexity index is 680. The second-order valence-electron chi connectivity index (χ2n) is 4.10. The van der Waals surface area contributed by atoms with Crippen molar-refractivity contribution in [1.82, 2.24) is 4.72 Å². The van der Waals surface area contributed by atoms with Gasteiger partial charge in [-0.3, -0.25) is 4.79 Å². The highest BCUT2D eigenvalue weighted by Gasteiger charge is 2.22. The molecule has 0 aliphatic rings. The van der Waals surface area contributed by atoms with Crippen LogP contribution in [0.4, 0.5) is 0 Å². The Morgan fingerprint density at radius 3 is 2.59 bits per heavy atom. The number of ether oxygens (including phenoxy) is 3. The van der Waals surface area contributed by atoms with E-state index in [-0.39, 0.29) is 10.6 Å². The third-order valence-corrected chi connectivity index (χ3v) is 3.98. The molecule has 0 saturated carbocycles. The van der Waals surface area contributed by atoms with Crippen molar-refractivity contribution in [3.8, 4) is 17.6 Å². The van der Waals surface area contributed by atoms with Crippen LogP contribution in [-0.2, 0) is 19.6 Å². The van der Waals surface area contributed by atoms with Crippen LogP contribution < -0.4 is 14.2 Å². The molecule has 0 radical (unpaired) electrons. The van der Waals surface area contributed by atoms with Gasteiger partial charge in [0, 0.05) is 6.07 Å². The normalized spacial score (nSPS) is 12.1. The number of esters is 1. The zero-order valence-corrected chi connectivity index (χ0v) is 13.1. The molecule has 9 heteroatoms. The fourth-order valence-corrected chi connectivity index (χ4v) is 2.64. The van der Waals surface area contributed by atoms with Crippen LogP contribution in [0.15, 0.2) is 23.1 Å². The van der Waals surface area contributed by atoms with Gasteiger partial charge in [0.05, 0.1) is 14.2 Å². The molecule has 1 aromatic rings. The largest absolute Gasteiger partial charge is 0.497 e. The van der Waals surface area contributed by atoms with Gasteiger partial charge in [-0.05, 0) is 19.1 Å². The van der Waals surface area contributed by atoms with Crippen molar-refractivity contribution in [1.29, 1.82) is 5.26 Å².